The van der Waals surface area contributed by atoms with Crippen LogP contribution in [0.25, 0.3) is 0 Å². The van der Waals surface area contributed by atoms with Gasteiger partial charge in [0.1, 0.15) is 0 Å². The molecule has 1 heterocycles. The lowest BCUT2D eigenvalue weighted by Gasteiger charge is -2.27. The molecule has 3 nitrogen and oxygen atoms in total. The minimum absolute atomic E-state index is 0.0894. The van der Waals surface area contributed by atoms with Gasteiger partial charge in [-0.15, -0.1) is 0 Å². The zero-order valence-corrected chi connectivity index (χ0v) is 8.23. The zero-order chi connectivity index (χ0) is 9.97. The van der Waals surface area contributed by atoms with Gasteiger partial charge in [0.05, 0.1) is 0 Å². The molecule has 14 heavy (non-hydrogen) atoms. The summed E-state index contributed by atoms with van der Waals surface area (Å²) in [6.07, 6.45) is 6.11. The van der Waals surface area contributed by atoms with Crippen molar-refractivity contribution in [2.75, 3.05) is 0 Å². The number of pyridine rings is 1. The molecule has 76 valence electrons. The number of nitrogens with zero attached hydrogens (tertiary/aromatic N) is 1. The summed E-state index contributed by atoms with van der Waals surface area (Å²) < 4.78 is 1.82. The Bertz CT molecular complexity index is 358. The summed E-state index contributed by atoms with van der Waals surface area (Å²) in [5, 5.41) is 0. The van der Waals surface area contributed by atoms with E-state index in [0.717, 1.165) is 25.7 Å². The molecule has 2 rings (SSSR count). The Morgan fingerprint density at radius 1 is 1.36 bits per heavy atom. The van der Waals surface area contributed by atoms with Crippen LogP contribution in [0, 0.1) is 0 Å². The summed E-state index contributed by atoms with van der Waals surface area (Å²) >= 11 is 0. The quantitative estimate of drug-likeness (QED) is 0.729. The van der Waals surface area contributed by atoms with Crippen molar-refractivity contribution in [3.05, 3.63) is 34.7 Å². The third-order valence-electron chi connectivity index (χ3n) is 2.93. The molecule has 2 atom stereocenters. The van der Waals surface area contributed by atoms with E-state index in [9.17, 15) is 4.79 Å². The Labute approximate surface area is 83.5 Å². The van der Waals surface area contributed by atoms with Crippen molar-refractivity contribution >= 4 is 0 Å². The molecule has 1 aromatic heterocycles. The molecule has 1 saturated carbocycles. The monoisotopic (exact) mass is 192 g/mol. The molecule has 0 aromatic carbocycles. The average Bonchev–Trinajstić information content (AvgIpc) is 2.18. The van der Waals surface area contributed by atoms with E-state index in [4.69, 9.17) is 5.73 Å². The van der Waals surface area contributed by atoms with Crippen molar-refractivity contribution in [1.29, 1.82) is 0 Å². The van der Waals surface area contributed by atoms with Gasteiger partial charge in [-0.1, -0.05) is 6.07 Å². The molecule has 0 saturated heterocycles. The topological polar surface area (TPSA) is 48.0 Å². The first-order chi connectivity index (χ1) is 6.77. The largest absolute Gasteiger partial charge is 0.328 e. The van der Waals surface area contributed by atoms with E-state index in [2.05, 4.69) is 0 Å². The molecule has 0 amide bonds. The van der Waals surface area contributed by atoms with Crippen LogP contribution in [-0.4, -0.2) is 10.6 Å². The van der Waals surface area contributed by atoms with Crippen LogP contribution in [-0.2, 0) is 0 Å². The SMILES string of the molecule is NC1CCCC(n2ccccc2=O)C1. The number of hydrogen-bond acceptors (Lipinski definition) is 2. The van der Waals surface area contributed by atoms with Crippen LogP contribution in [0.5, 0.6) is 0 Å². The first kappa shape index (κ1) is 9.46. The Hall–Kier alpha value is -1.09. The molecule has 3 heteroatoms. The normalized spacial score (nSPS) is 27.5. The lowest BCUT2D eigenvalue weighted by Crippen LogP contribution is -2.33. The van der Waals surface area contributed by atoms with E-state index >= 15 is 0 Å². The van der Waals surface area contributed by atoms with Crippen molar-refractivity contribution in [2.24, 2.45) is 5.73 Å². The summed E-state index contributed by atoms with van der Waals surface area (Å²) in [6.45, 7) is 0. The Morgan fingerprint density at radius 3 is 2.93 bits per heavy atom. The van der Waals surface area contributed by atoms with Gasteiger partial charge in [0.15, 0.2) is 0 Å². The third-order valence-corrected chi connectivity index (χ3v) is 2.93. The van der Waals surface area contributed by atoms with Gasteiger partial charge < -0.3 is 10.3 Å². The predicted molar refractivity (Wildman–Crippen MR) is 56.2 cm³/mol. The molecule has 1 aromatic rings. The van der Waals surface area contributed by atoms with E-state index < -0.39 is 0 Å². The molecule has 1 aliphatic carbocycles. The maximum atomic E-state index is 11.5. The molecule has 0 radical (unpaired) electrons. The van der Waals surface area contributed by atoms with Crippen LogP contribution >= 0.6 is 0 Å². The highest BCUT2D eigenvalue weighted by Crippen LogP contribution is 2.25. The maximum Gasteiger partial charge on any atom is 0.250 e. The fraction of sp³-hybridized carbons (Fsp3) is 0.545. The summed E-state index contributed by atoms with van der Waals surface area (Å²) in [5.74, 6) is 0. The van der Waals surface area contributed by atoms with Gasteiger partial charge in [0, 0.05) is 24.3 Å². The maximum absolute atomic E-state index is 11.5. The van der Waals surface area contributed by atoms with Gasteiger partial charge in [0.25, 0.3) is 5.56 Å². The van der Waals surface area contributed by atoms with Gasteiger partial charge in [-0.25, -0.2) is 0 Å². The third kappa shape index (κ3) is 1.87. The summed E-state index contributed by atoms with van der Waals surface area (Å²) in [4.78, 5) is 11.5. The predicted octanol–water partition coefficient (Wildman–Crippen LogP) is 1.29. The van der Waals surface area contributed by atoms with Crippen molar-refractivity contribution in [2.45, 2.75) is 37.8 Å². The van der Waals surface area contributed by atoms with Crippen molar-refractivity contribution in [1.82, 2.24) is 4.57 Å². The first-order valence-corrected chi connectivity index (χ1v) is 5.20. The zero-order valence-electron chi connectivity index (χ0n) is 8.23. The number of aromatic nitrogens is 1. The van der Waals surface area contributed by atoms with Crippen LogP contribution in [0.4, 0.5) is 0 Å². The molecule has 0 spiro atoms. The van der Waals surface area contributed by atoms with Crippen LogP contribution < -0.4 is 11.3 Å². The Morgan fingerprint density at radius 2 is 2.21 bits per heavy atom. The molecular formula is C11H16N2O. The minimum atomic E-state index is 0.0894. The van der Waals surface area contributed by atoms with Crippen LogP contribution in [0.15, 0.2) is 29.2 Å². The lowest BCUT2D eigenvalue weighted by atomic mass is 9.91. The van der Waals surface area contributed by atoms with Crippen molar-refractivity contribution in [3.63, 3.8) is 0 Å². The summed E-state index contributed by atoms with van der Waals surface area (Å²) in [6, 6.07) is 5.87. The van der Waals surface area contributed by atoms with E-state index in [1.807, 2.05) is 16.8 Å². The number of nitrogens with two attached hydrogens (primary N) is 1. The molecular weight excluding hydrogens is 176 g/mol. The van der Waals surface area contributed by atoms with E-state index in [0.29, 0.717) is 6.04 Å². The van der Waals surface area contributed by atoms with Gasteiger partial charge >= 0.3 is 0 Å². The molecule has 0 aliphatic heterocycles. The van der Waals surface area contributed by atoms with Gasteiger partial charge in [-0.3, -0.25) is 4.79 Å². The van der Waals surface area contributed by atoms with Crippen molar-refractivity contribution < 1.29 is 0 Å². The highest BCUT2D eigenvalue weighted by Gasteiger charge is 2.20. The fourth-order valence-electron chi connectivity index (χ4n) is 2.19. The van der Waals surface area contributed by atoms with Crippen LogP contribution in [0.2, 0.25) is 0 Å². The average molecular weight is 192 g/mol. The molecule has 1 aliphatic rings. The van der Waals surface area contributed by atoms with E-state index in [1.54, 1.807) is 12.1 Å². The van der Waals surface area contributed by atoms with E-state index in [-0.39, 0.29) is 11.6 Å². The first-order valence-electron chi connectivity index (χ1n) is 5.20. The number of rotatable bonds is 1. The minimum Gasteiger partial charge on any atom is -0.328 e. The van der Waals surface area contributed by atoms with Crippen LogP contribution in [0.1, 0.15) is 31.7 Å². The Balaban J connectivity index is 2.22. The van der Waals surface area contributed by atoms with Gasteiger partial charge in [-0.2, -0.15) is 0 Å². The van der Waals surface area contributed by atoms with E-state index in [1.165, 1.54) is 0 Å². The second-order valence-electron chi connectivity index (χ2n) is 4.03. The smallest absolute Gasteiger partial charge is 0.250 e. The fourth-order valence-corrected chi connectivity index (χ4v) is 2.19. The summed E-state index contributed by atoms with van der Waals surface area (Å²) in [5.41, 5.74) is 5.99. The van der Waals surface area contributed by atoms with Crippen LogP contribution in [0.3, 0.4) is 0 Å². The molecule has 0 bridgehead atoms. The van der Waals surface area contributed by atoms with Gasteiger partial charge in [0.2, 0.25) is 0 Å². The molecule has 2 unspecified atom stereocenters. The summed E-state index contributed by atoms with van der Waals surface area (Å²) in [7, 11) is 0. The van der Waals surface area contributed by atoms with Gasteiger partial charge in [-0.05, 0) is 31.7 Å². The lowest BCUT2D eigenvalue weighted by molar-refractivity contribution is 0.314. The Kier molecular flexibility index (Phi) is 2.68. The standard InChI is InChI=1S/C11H16N2O/c12-9-4-3-5-10(8-9)13-7-2-1-6-11(13)14/h1-2,6-7,9-10H,3-5,8,12H2. The molecule has 2 N–H and O–H groups in total. The highest BCUT2D eigenvalue weighted by molar-refractivity contribution is 4.96. The second-order valence-corrected chi connectivity index (χ2v) is 4.03. The second kappa shape index (κ2) is 3.96. The van der Waals surface area contributed by atoms with Crippen molar-refractivity contribution in [3.8, 4) is 0 Å². The number of hydrogen-bond donors (Lipinski definition) is 1. The highest BCUT2D eigenvalue weighted by atomic mass is 16.1. The molecule has 1 fully saturated rings.